The smallest absolute Gasteiger partial charge is 0.0960 e. The molecule has 0 bridgehead atoms. The van der Waals surface area contributed by atoms with Crippen LogP contribution in [0.1, 0.15) is 50.1 Å². The van der Waals surface area contributed by atoms with E-state index in [1.165, 1.54) is 36.8 Å². The molecule has 2 aliphatic carbocycles. The molecule has 1 aromatic heterocycles. The molecular weight excluding hydrogens is 222 g/mol. The van der Waals surface area contributed by atoms with Crippen molar-refractivity contribution in [1.29, 1.82) is 0 Å². The third kappa shape index (κ3) is 1.50. The summed E-state index contributed by atoms with van der Waals surface area (Å²) in [5.41, 5.74) is 10.1. The van der Waals surface area contributed by atoms with Crippen LogP contribution in [-0.2, 0) is 5.54 Å². The van der Waals surface area contributed by atoms with Gasteiger partial charge in [0.15, 0.2) is 0 Å². The van der Waals surface area contributed by atoms with Gasteiger partial charge in [-0.05, 0) is 43.4 Å². The Morgan fingerprint density at radius 3 is 2.72 bits per heavy atom. The van der Waals surface area contributed by atoms with Gasteiger partial charge in [0.05, 0.1) is 17.4 Å². The molecule has 0 radical (unpaired) electrons. The Labute approximate surface area is 107 Å². The van der Waals surface area contributed by atoms with Gasteiger partial charge in [-0.25, -0.2) is 4.98 Å². The summed E-state index contributed by atoms with van der Waals surface area (Å²) in [6, 6.07) is 7.33. The molecule has 0 saturated heterocycles. The van der Waals surface area contributed by atoms with E-state index in [1.54, 1.807) is 0 Å². The van der Waals surface area contributed by atoms with Crippen molar-refractivity contribution in [2.24, 2.45) is 5.73 Å². The van der Waals surface area contributed by atoms with E-state index < -0.39 is 0 Å². The minimum atomic E-state index is -0.0997. The molecule has 94 valence electrons. The van der Waals surface area contributed by atoms with Crippen molar-refractivity contribution in [3.8, 4) is 0 Å². The summed E-state index contributed by atoms with van der Waals surface area (Å²) in [6.45, 7) is 0. The first kappa shape index (κ1) is 10.6. The van der Waals surface area contributed by atoms with E-state index >= 15 is 0 Å². The lowest BCUT2D eigenvalue weighted by molar-refractivity contribution is 0.462. The van der Waals surface area contributed by atoms with Crippen LogP contribution in [0.4, 0.5) is 0 Å². The highest BCUT2D eigenvalue weighted by molar-refractivity contribution is 5.76. The second-order valence-corrected chi connectivity index (χ2v) is 5.95. The minimum absolute atomic E-state index is 0.0997. The van der Waals surface area contributed by atoms with Crippen molar-refractivity contribution in [2.75, 3.05) is 0 Å². The molecule has 18 heavy (non-hydrogen) atoms. The summed E-state index contributed by atoms with van der Waals surface area (Å²) >= 11 is 0. The van der Waals surface area contributed by atoms with E-state index in [0.29, 0.717) is 6.04 Å². The lowest BCUT2D eigenvalue weighted by Crippen LogP contribution is -2.32. The number of nitrogens with two attached hydrogens (primary N) is 1. The molecule has 4 rings (SSSR count). The zero-order chi connectivity index (χ0) is 12.2. The number of nitrogens with zero attached hydrogens (tertiary/aromatic N) is 2. The van der Waals surface area contributed by atoms with Crippen LogP contribution in [0, 0.1) is 0 Å². The number of hydrogen-bond donors (Lipinski definition) is 1. The van der Waals surface area contributed by atoms with Crippen LogP contribution in [0.3, 0.4) is 0 Å². The second kappa shape index (κ2) is 3.58. The maximum absolute atomic E-state index is 6.52. The molecule has 0 spiro atoms. The van der Waals surface area contributed by atoms with Gasteiger partial charge in [0, 0.05) is 11.6 Å². The highest BCUT2D eigenvalue weighted by atomic mass is 15.1. The van der Waals surface area contributed by atoms with E-state index in [0.717, 1.165) is 18.4 Å². The number of fused-ring (bicyclic) bond motifs is 1. The molecule has 3 heteroatoms. The monoisotopic (exact) mass is 241 g/mol. The first-order valence-electron chi connectivity index (χ1n) is 7.02. The molecule has 2 aliphatic rings. The van der Waals surface area contributed by atoms with Gasteiger partial charge >= 0.3 is 0 Å². The van der Waals surface area contributed by atoms with Crippen molar-refractivity contribution >= 4 is 11.0 Å². The first-order valence-corrected chi connectivity index (χ1v) is 7.02. The number of imidazole rings is 1. The lowest BCUT2D eigenvalue weighted by atomic mass is 9.89. The van der Waals surface area contributed by atoms with Gasteiger partial charge < -0.3 is 10.3 Å². The van der Waals surface area contributed by atoms with Gasteiger partial charge in [-0.2, -0.15) is 0 Å². The van der Waals surface area contributed by atoms with E-state index in [1.807, 2.05) is 6.33 Å². The second-order valence-electron chi connectivity index (χ2n) is 5.95. The molecule has 2 aromatic rings. The third-order valence-electron chi connectivity index (χ3n) is 4.59. The molecule has 2 N–H and O–H groups in total. The van der Waals surface area contributed by atoms with Gasteiger partial charge in [0.2, 0.25) is 0 Å². The van der Waals surface area contributed by atoms with Crippen molar-refractivity contribution in [1.82, 2.24) is 9.55 Å². The SMILES string of the molecule is NC1(c2ccc3c(c2)ncn3C2CC2)CCCC1. The first-order chi connectivity index (χ1) is 8.76. The van der Waals surface area contributed by atoms with E-state index in [-0.39, 0.29) is 5.54 Å². The normalized spacial score (nSPS) is 22.7. The molecule has 1 heterocycles. The van der Waals surface area contributed by atoms with E-state index in [9.17, 15) is 0 Å². The Bertz CT molecular complexity index is 589. The van der Waals surface area contributed by atoms with Crippen molar-refractivity contribution in [3.05, 3.63) is 30.1 Å². The lowest BCUT2D eigenvalue weighted by Gasteiger charge is -2.24. The average molecular weight is 241 g/mol. The fourth-order valence-corrected chi connectivity index (χ4v) is 3.28. The molecule has 0 aliphatic heterocycles. The molecule has 2 saturated carbocycles. The van der Waals surface area contributed by atoms with Gasteiger partial charge in [-0.15, -0.1) is 0 Å². The summed E-state index contributed by atoms with van der Waals surface area (Å²) in [4.78, 5) is 4.55. The zero-order valence-corrected chi connectivity index (χ0v) is 10.6. The standard InChI is InChI=1S/C15H19N3/c16-15(7-1-2-8-15)11-3-6-14-13(9-11)17-10-18(14)12-4-5-12/h3,6,9-10,12H,1-2,4-5,7-8,16H2. The van der Waals surface area contributed by atoms with Crippen LogP contribution in [0.5, 0.6) is 0 Å². The average Bonchev–Trinajstić information content (AvgIpc) is 2.98. The molecule has 0 unspecified atom stereocenters. The highest BCUT2D eigenvalue weighted by Gasteiger charge is 2.32. The molecule has 0 amide bonds. The van der Waals surface area contributed by atoms with E-state index in [2.05, 4.69) is 27.8 Å². The molecule has 2 fully saturated rings. The van der Waals surface area contributed by atoms with Crippen LogP contribution in [0.15, 0.2) is 24.5 Å². The highest BCUT2D eigenvalue weighted by Crippen LogP contribution is 2.39. The van der Waals surface area contributed by atoms with Gasteiger partial charge in [-0.1, -0.05) is 18.9 Å². The summed E-state index contributed by atoms with van der Waals surface area (Å²) in [6.07, 6.45) is 9.33. The Balaban J connectivity index is 1.80. The van der Waals surface area contributed by atoms with Crippen molar-refractivity contribution < 1.29 is 0 Å². The fraction of sp³-hybridized carbons (Fsp3) is 0.533. The molecular formula is C15H19N3. The quantitative estimate of drug-likeness (QED) is 0.878. The van der Waals surface area contributed by atoms with Gasteiger partial charge in [-0.3, -0.25) is 0 Å². The number of hydrogen-bond acceptors (Lipinski definition) is 2. The number of aromatic nitrogens is 2. The molecule has 3 nitrogen and oxygen atoms in total. The number of rotatable bonds is 2. The number of benzene rings is 1. The van der Waals surface area contributed by atoms with Crippen molar-refractivity contribution in [2.45, 2.75) is 50.1 Å². The third-order valence-corrected chi connectivity index (χ3v) is 4.59. The van der Waals surface area contributed by atoms with Gasteiger partial charge in [0.25, 0.3) is 0 Å². The maximum Gasteiger partial charge on any atom is 0.0960 e. The Kier molecular flexibility index (Phi) is 2.10. The van der Waals surface area contributed by atoms with Crippen LogP contribution >= 0.6 is 0 Å². The largest absolute Gasteiger partial charge is 0.327 e. The van der Waals surface area contributed by atoms with Crippen LogP contribution in [-0.4, -0.2) is 9.55 Å². The zero-order valence-electron chi connectivity index (χ0n) is 10.6. The predicted molar refractivity (Wildman–Crippen MR) is 72.3 cm³/mol. The molecule has 1 aromatic carbocycles. The minimum Gasteiger partial charge on any atom is -0.327 e. The molecule has 0 atom stereocenters. The predicted octanol–water partition coefficient (Wildman–Crippen LogP) is 3.10. The Morgan fingerprint density at radius 2 is 2.00 bits per heavy atom. The van der Waals surface area contributed by atoms with Crippen LogP contribution in [0.25, 0.3) is 11.0 Å². The maximum atomic E-state index is 6.52. The summed E-state index contributed by atoms with van der Waals surface area (Å²) in [5, 5.41) is 0. The summed E-state index contributed by atoms with van der Waals surface area (Å²) in [5.74, 6) is 0. The van der Waals surface area contributed by atoms with Crippen LogP contribution in [0.2, 0.25) is 0 Å². The van der Waals surface area contributed by atoms with Gasteiger partial charge in [0.1, 0.15) is 0 Å². The Morgan fingerprint density at radius 1 is 1.22 bits per heavy atom. The summed E-state index contributed by atoms with van der Waals surface area (Å²) < 4.78 is 2.32. The summed E-state index contributed by atoms with van der Waals surface area (Å²) in [7, 11) is 0. The van der Waals surface area contributed by atoms with E-state index in [4.69, 9.17) is 5.73 Å². The fourth-order valence-electron chi connectivity index (χ4n) is 3.28. The Hall–Kier alpha value is -1.35. The van der Waals surface area contributed by atoms with Crippen molar-refractivity contribution in [3.63, 3.8) is 0 Å². The van der Waals surface area contributed by atoms with Crippen LogP contribution < -0.4 is 5.73 Å². The topological polar surface area (TPSA) is 43.8 Å².